The number of rotatable bonds is 4. The summed E-state index contributed by atoms with van der Waals surface area (Å²) in [5.41, 5.74) is 0. The maximum atomic E-state index is 10.5. The fraction of sp³-hybridized carbons (Fsp3) is 0.875. The Morgan fingerprint density at radius 2 is 2.17 bits per heavy atom. The first-order valence-electron chi connectivity index (χ1n) is 4.32. The van der Waals surface area contributed by atoms with Gasteiger partial charge in [-0.1, -0.05) is 13.8 Å². The Kier molecular flexibility index (Phi) is 3.34. The second kappa shape index (κ2) is 4.30. The highest BCUT2D eigenvalue weighted by Gasteiger charge is 2.25. The van der Waals surface area contributed by atoms with Gasteiger partial charge in [-0.3, -0.25) is 0 Å². The molecule has 0 aromatic carbocycles. The van der Waals surface area contributed by atoms with E-state index in [1.54, 1.807) is 0 Å². The molecule has 0 aromatic heterocycles. The molecule has 1 unspecified atom stereocenters. The third kappa shape index (κ3) is 2.37. The van der Waals surface area contributed by atoms with Crippen LogP contribution in [0.3, 0.4) is 0 Å². The predicted molar refractivity (Wildman–Crippen MR) is 44.0 cm³/mol. The lowest BCUT2D eigenvalue weighted by molar-refractivity contribution is 0.103. The van der Waals surface area contributed by atoms with Gasteiger partial charge in [0, 0.05) is 6.54 Å². The number of cyclic esters (lactones) is 2. The van der Waals surface area contributed by atoms with E-state index < -0.39 is 6.16 Å². The normalized spacial score (nSPS) is 22.6. The first-order chi connectivity index (χ1) is 5.76. The molecule has 1 atom stereocenters. The first kappa shape index (κ1) is 9.32. The number of hydrogen-bond acceptors (Lipinski definition) is 4. The van der Waals surface area contributed by atoms with Crippen LogP contribution in [0.2, 0.25) is 0 Å². The molecule has 4 heteroatoms. The molecular formula is C8H15NO3. The van der Waals surface area contributed by atoms with E-state index in [-0.39, 0.29) is 6.10 Å². The summed E-state index contributed by atoms with van der Waals surface area (Å²) in [5.74, 6) is 0. The van der Waals surface area contributed by atoms with Crippen molar-refractivity contribution in [2.75, 3.05) is 26.2 Å². The molecule has 0 saturated carbocycles. The predicted octanol–water partition coefficient (Wildman–Crippen LogP) is 0.864. The molecule has 12 heavy (non-hydrogen) atoms. The third-order valence-corrected chi connectivity index (χ3v) is 2.01. The van der Waals surface area contributed by atoms with Gasteiger partial charge in [-0.15, -0.1) is 0 Å². The van der Waals surface area contributed by atoms with Crippen molar-refractivity contribution < 1.29 is 14.3 Å². The Labute approximate surface area is 72.4 Å². The minimum absolute atomic E-state index is 0.0719. The average Bonchev–Trinajstić information content (AvgIpc) is 2.47. The van der Waals surface area contributed by atoms with Crippen LogP contribution < -0.4 is 0 Å². The van der Waals surface area contributed by atoms with Crippen molar-refractivity contribution in [3.8, 4) is 0 Å². The van der Waals surface area contributed by atoms with E-state index in [4.69, 9.17) is 4.74 Å². The zero-order chi connectivity index (χ0) is 8.97. The minimum Gasteiger partial charge on any atom is -0.430 e. The number of carbonyl (C=O) groups excluding carboxylic acids is 1. The highest BCUT2D eigenvalue weighted by atomic mass is 16.8. The van der Waals surface area contributed by atoms with Crippen molar-refractivity contribution in [1.82, 2.24) is 4.90 Å². The van der Waals surface area contributed by atoms with Crippen LogP contribution in [0.5, 0.6) is 0 Å². The van der Waals surface area contributed by atoms with Crippen LogP contribution in [0, 0.1) is 0 Å². The van der Waals surface area contributed by atoms with Crippen LogP contribution in [-0.4, -0.2) is 43.4 Å². The van der Waals surface area contributed by atoms with Crippen LogP contribution in [0.25, 0.3) is 0 Å². The topological polar surface area (TPSA) is 38.8 Å². The van der Waals surface area contributed by atoms with Crippen molar-refractivity contribution in [3.05, 3.63) is 0 Å². The molecule has 0 spiro atoms. The SMILES string of the molecule is CCN(CC)CC1COC(=O)O1. The van der Waals surface area contributed by atoms with Crippen molar-refractivity contribution in [2.45, 2.75) is 20.0 Å². The molecule has 1 rings (SSSR count). The molecule has 0 N–H and O–H groups in total. The summed E-state index contributed by atoms with van der Waals surface area (Å²) in [4.78, 5) is 12.7. The number of likely N-dealkylation sites (N-methyl/N-ethyl adjacent to an activating group) is 1. The number of carbonyl (C=O) groups is 1. The van der Waals surface area contributed by atoms with Crippen LogP contribution in [0.1, 0.15) is 13.8 Å². The van der Waals surface area contributed by atoms with Gasteiger partial charge >= 0.3 is 6.16 Å². The molecule has 4 nitrogen and oxygen atoms in total. The quantitative estimate of drug-likeness (QED) is 0.591. The summed E-state index contributed by atoms with van der Waals surface area (Å²) in [7, 11) is 0. The summed E-state index contributed by atoms with van der Waals surface area (Å²) in [6.07, 6.45) is -0.607. The Balaban J connectivity index is 2.26. The zero-order valence-electron chi connectivity index (χ0n) is 7.58. The standard InChI is InChI=1S/C8H15NO3/c1-3-9(4-2)5-7-6-11-8(10)12-7/h7H,3-6H2,1-2H3. The fourth-order valence-electron chi connectivity index (χ4n) is 1.22. The second-order valence-electron chi connectivity index (χ2n) is 2.79. The lowest BCUT2D eigenvalue weighted by atomic mass is 10.3. The number of nitrogens with zero attached hydrogens (tertiary/aromatic N) is 1. The van der Waals surface area contributed by atoms with E-state index in [2.05, 4.69) is 23.5 Å². The van der Waals surface area contributed by atoms with Crippen molar-refractivity contribution >= 4 is 6.16 Å². The number of ether oxygens (including phenoxy) is 2. The van der Waals surface area contributed by atoms with Gasteiger partial charge in [0.1, 0.15) is 6.61 Å². The molecule has 1 aliphatic heterocycles. The monoisotopic (exact) mass is 173 g/mol. The van der Waals surface area contributed by atoms with Gasteiger partial charge in [0.15, 0.2) is 6.10 Å². The zero-order valence-corrected chi connectivity index (χ0v) is 7.58. The molecule has 0 aliphatic carbocycles. The summed E-state index contributed by atoms with van der Waals surface area (Å²) >= 11 is 0. The molecule has 1 aliphatic rings. The van der Waals surface area contributed by atoms with Crippen LogP contribution >= 0.6 is 0 Å². The molecule has 0 amide bonds. The van der Waals surface area contributed by atoms with Crippen LogP contribution in [-0.2, 0) is 9.47 Å². The fourth-order valence-corrected chi connectivity index (χ4v) is 1.22. The highest BCUT2D eigenvalue weighted by Crippen LogP contribution is 2.07. The lowest BCUT2D eigenvalue weighted by Gasteiger charge is -2.19. The van der Waals surface area contributed by atoms with Gasteiger partial charge in [0.2, 0.25) is 0 Å². The van der Waals surface area contributed by atoms with E-state index in [1.165, 1.54) is 0 Å². The minimum atomic E-state index is -0.535. The summed E-state index contributed by atoms with van der Waals surface area (Å²) in [5, 5.41) is 0. The summed E-state index contributed by atoms with van der Waals surface area (Å²) in [6, 6.07) is 0. The molecule has 1 saturated heterocycles. The van der Waals surface area contributed by atoms with Gasteiger partial charge in [0.25, 0.3) is 0 Å². The Morgan fingerprint density at radius 3 is 2.58 bits per heavy atom. The maximum absolute atomic E-state index is 10.5. The second-order valence-corrected chi connectivity index (χ2v) is 2.79. The van der Waals surface area contributed by atoms with Gasteiger partial charge in [0.05, 0.1) is 0 Å². The number of hydrogen-bond donors (Lipinski definition) is 0. The molecule has 0 aromatic rings. The van der Waals surface area contributed by atoms with Crippen molar-refractivity contribution in [3.63, 3.8) is 0 Å². The smallest absolute Gasteiger partial charge is 0.430 e. The van der Waals surface area contributed by atoms with Crippen LogP contribution in [0.15, 0.2) is 0 Å². The largest absolute Gasteiger partial charge is 0.508 e. The first-order valence-corrected chi connectivity index (χ1v) is 4.32. The van der Waals surface area contributed by atoms with E-state index in [1.807, 2.05) is 0 Å². The molecule has 0 radical (unpaired) electrons. The Bertz CT molecular complexity index is 156. The van der Waals surface area contributed by atoms with Crippen molar-refractivity contribution in [2.24, 2.45) is 0 Å². The highest BCUT2D eigenvalue weighted by molar-refractivity contribution is 5.61. The molecular weight excluding hydrogens is 158 g/mol. The molecule has 70 valence electrons. The Morgan fingerprint density at radius 1 is 1.50 bits per heavy atom. The molecule has 0 bridgehead atoms. The maximum Gasteiger partial charge on any atom is 0.508 e. The summed E-state index contributed by atoms with van der Waals surface area (Å²) < 4.78 is 9.56. The van der Waals surface area contributed by atoms with Gasteiger partial charge in [-0.25, -0.2) is 4.79 Å². The van der Waals surface area contributed by atoms with Crippen LogP contribution in [0.4, 0.5) is 4.79 Å². The van der Waals surface area contributed by atoms with E-state index >= 15 is 0 Å². The third-order valence-electron chi connectivity index (χ3n) is 2.01. The average molecular weight is 173 g/mol. The van der Waals surface area contributed by atoms with E-state index in [0.717, 1.165) is 19.6 Å². The van der Waals surface area contributed by atoms with E-state index in [0.29, 0.717) is 6.61 Å². The molecule has 1 heterocycles. The summed E-state index contributed by atoms with van der Waals surface area (Å²) in [6.45, 7) is 7.30. The van der Waals surface area contributed by atoms with Gasteiger partial charge in [-0.2, -0.15) is 0 Å². The van der Waals surface area contributed by atoms with Crippen molar-refractivity contribution in [1.29, 1.82) is 0 Å². The Hall–Kier alpha value is -0.770. The van der Waals surface area contributed by atoms with E-state index in [9.17, 15) is 4.79 Å². The van der Waals surface area contributed by atoms with Gasteiger partial charge in [-0.05, 0) is 13.1 Å². The van der Waals surface area contributed by atoms with Gasteiger partial charge < -0.3 is 14.4 Å². The molecule has 1 fully saturated rings. The lowest BCUT2D eigenvalue weighted by Crippen LogP contribution is -2.33.